The number of benzene rings is 1. The van der Waals surface area contributed by atoms with Crippen LogP contribution >= 0.6 is 0 Å². The predicted octanol–water partition coefficient (Wildman–Crippen LogP) is 3.44. The van der Waals surface area contributed by atoms with E-state index in [4.69, 9.17) is 4.74 Å². The Morgan fingerprint density at radius 3 is 2.61 bits per heavy atom. The second-order valence-corrected chi connectivity index (χ2v) is 5.75. The summed E-state index contributed by atoms with van der Waals surface area (Å²) in [5.41, 5.74) is 3.97. The molecule has 1 aromatic carbocycles. The first-order chi connectivity index (χ1) is 8.52. The molecular weight excluding hydrogens is 224 g/mol. The number of aryl methyl sites for hydroxylation is 1. The molecule has 1 N–H and O–H groups in total. The number of hydrogen-bond acceptors (Lipinski definition) is 2. The molecule has 0 spiro atoms. The molecule has 0 heterocycles. The molecule has 1 aliphatic rings. The van der Waals surface area contributed by atoms with E-state index in [-0.39, 0.29) is 6.10 Å². The molecule has 0 fully saturated rings. The monoisotopic (exact) mass is 248 g/mol. The topological polar surface area (TPSA) is 29.5 Å². The van der Waals surface area contributed by atoms with Gasteiger partial charge in [0.15, 0.2) is 0 Å². The zero-order valence-electron chi connectivity index (χ0n) is 11.9. The smallest absolute Gasteiger partial charge is 0.122 e. The van der Waals surface area contributed by atoms with Gasteiger partial charge in [0, 0.05) is 0 Å². The van der Waals surface area contributed by atoms with E-state index in [0.29, 0.717) is 11.8 Å². The molecule has 2 heteroatoms. The number of hydrogen-bond donors (Lipinski definition) is 1. The van der Waals surface area contributed by atoms with Gasteiger partial charge in [0.05, 0.1) is 13.2 Å². The minimum absolute atomic E-state index is 0.164. The molecule has 2 rings (SSSR count). The largest absolute Gasteiger partial charge is 0.496 e. The molecule has 0 aromatic heterocycles. The van der Waals surface area contributed by atoms with Gasteiger partial charge in [-0.25, -0.2) is 0 Å². The maximum absolute atomic E-state index is 10.1. The maximum Gasteiger partial charge on any atom is 0.122 e. The Morgan fingerprint density at radius 1 is 1.22 bits per heavy atom. The standard InChI is InChI=1S/C16H24O2/c1-10-5-6-15(17)11(2)7-13-8-12(3)16(18-4)9-14(10)13/h8-11,15,17H,5-7H2,1-4H3/t10-,11?,15?/m1/s1. The molecule has 2 nitrogen and oxygen atoms in total. The lowest BCUT2D eigenvalue weighted by Crippen LogP contribution is -2.23. The van der Waals surface area contributed by atoms with Crippen LogP contribution in [0.2, 0.25) is 0 Å². The highest BCUT2D eigenvalue weighted by atomic mass is 16.5. The maximum atomic E-state index is 10.1. The third-order valence-electron chi connectivity index (χ3n) is 4.28. The summed E-state index contributed by atoms with van der Waals surface area (Å²) in [5.74, 6) is 1.81. The summed E-state index contributed by atoms with van der Waals surface area (Å²) < 4.78 is 5.43. The van der Waals surface area contributed by atoms with E-state index >= 15 is 0 Å². The molecule has 1 aliphatic carbocycles. The average Bonchev–Trinajstić information content (AvgIpc) is 2.34. The molecule has 0 saturated carbocycles. The molecule has 1 aromatic rings. The lowest BCUT2D eigenvalue weighted by atomic mass is 9.80. The molecule has 0 saturated heterocycles. The summed E-state index contributed by atoms with van der Waals surface area (Å²) in [6, 6.07) is 4.43. The van der Waals surface area contributed by atoms with Crippen molar-refractivity contribution in [2.24, 2.45) is 5.92 Å². The molecular formula is C16H24O2. The number of aliphatic hydroxyl groups is 1. The molecule has 0 aliphatic heterocycles. The van der Waals surface area contributed by atoms with E-state index < -0.39 is 0 Å². The van der Waals surface area contributed by atoms with Crippen LogP contribution in [0, 0.1) is 12.8 Å². The molecule has 100 valence electrons. The lowest BCUT2D eigenvalue weighted by molar-refractivity contribution is 0.101. The second kappa shape index (κ2) is 5.31. The molecule has 2 unspecified atom stereocenters. The summed E-state index contributed by atoms with van der Waals surface area (Å²) in [5, 5.41) is 10.1. The number of fused-ring (bicyclic) bond motifs is 1. The van der Waals surface area contributed by atoms with Crippen molar-refractivity contribution in [1.82, 2.24) is 0 Å². The van der Waals surface area contributed by atoms with Crippen LogP contribution in [0.4, 0.5) is 0 Å². The summed E-state index contributed by atoms with van der Waals surface area (Å²) in [7, 11) is 1.73. The van der Waals surface area contributed by atoms with Gasteiger partial charge in [-0.2, -0.15) is 0 Å². The van der Waals surface area contributed by atoms with E-state index in [1.807, 2.05) is 0 Å². The Bertz CT molecular complexity index is 425. The molecule has 0 amide bonds. The summed E-state index contributed by atoms with van der Waals surface area (Å²) in [4.78, 5) is 0. The van der Waals surface area contributed by atoms with Crippen molar-refractivity contribution in [3.63, 3.8) is 0 Å². The third kappa shape index (κ3) is 2.54. The highest BCUT2D eigenvalue weighted by Crippen LogP contribution is 2.35. The van der Waals surface area contributed by atoms with E-state index in [9.17, 15) is 5.11 Å². The minimum atomic E-state index is -0.164. The zero-order valence-corrected chi connectivity index (χ0v) is 11.9. The quantitative estimate of drug-likeness (QED) is 0.825. The van der Waals surface area contributed by atoms with Crippen molar-refractivity contribution in [2.45, 2.75) is 52.1 Å². The first-order valence-corrected chi connectivity index (χ1v) is 6.88. The third-order valence-corrected chi connectivity index (χ3v) is 4.28. The summed E-state index contributed by atoms with van der Waals surface area (Å²) in [6.07, 6.45) is 2.75. The fourth-order valence-electron chi connectivity index (χ4n) is 2.96. The van der Waals surface area contributed by atoms with Crippen LogP contribution in [-0.4, -0.2) is 18.3 Å². The zero-order chi connectivity index (χ0) is 13.3. The van der Waals surface area contributed by atoms with Crippen LogP contribution in [0.1, 0.15) is 49.3 Å². The minimum Gasteiger partial charge on any atom is -0.496 e. The van der Waals surface area contributed by atoms with Gasteiger partial charge in [0.25, 0.3) is 0 Å². The highest BCUT2D eigenvalue weighted by molar-refractivity contribution is 5.44. The van der Waals surface area contributed by atoms with Gasteiger partial charge in [0.1, 0.15) is 5.75 Å². The van der Waals surface area contributed by atoms with Gasteiger partial charge in [-0.1, -0.05) is 19.9 Å². The number of methoxy groups -OCH3 is 1. The van der Waals surface area contributed by atoms with Crippen LogP contribution < -0.4 is 4.74 Å². The Hall–Kier alpha value is -1.02. The number of rotatable bonds is 1. The van der Waals surface area contributed by atoms with Gasteiger partial charge < -0.3 is 9.84 Å². The first kappa shape index (κ1) is 13.4. The Balaban J connectivity index is 2.44. The van der Waals surface area contributed by atoms with Gasteiger partial charge >= 0.3 is 0 Å². The van der Waals surface area contributed by atoms with Crippen LogP contribution in [-0.2, 0) is 6.42 Å². The number of ether oxygens (including phenoxy) is 1. The van der Waals surface area contributed by atoms with Crippen molar-refractivity contribution >= 4 is 0 Å². The normalized spacial score (nSPS) is 28.2. The highest BCUT2D eigenvalue weighted by Gasteiger charge is 2.23. The average molecular weight is 248 g/mol. The summed E-state index contributed by atoms with van der Waals surface area (Å²) in [6.45, 7) is 6.48. The summed E-state index contributed by atoms with van der Waals surface area (Å²) >= 11 is 0. The predicted molar refractivity (Wildman–Crippen MR) is 74.3 cm³/mol. The van der Waals surface area contributed by atoms with Crippen molar-refractivity contribution in [3.05, 3.63) is 28.8 Å². The number of aliphatic hydroxyl groups excluding tert-OH is 1. The second-order valence-electron chi connectivity index (χ2n) is 5.75. The fourth-order valence-corrected chi connectivity index (χ4v) is 2.96. The van der Waals surface area contributed by atoms with Gasteiger partial charge in [0.2, 0.25) is 0 Å². The van der Waals surface area contributed by atoms with E-state index in [2.05, 4.69) is 32.9 Å². The lowest BCUT2D eigenvalue weighted by Gasteiger charge is -2.28. The first-order valence-electron chi connectivity index (χ1n) is 6.88. The van der Waals surface area contributed by atoms with E-state index in [1.54, 1.807) is 7.11 Å². The molecule has 0 radical (unpaired) electrons. The molecule has 3 atom stereocenters. The van der Waals surface area contributed by atoms with Crippen molar-refractivity contribution in [2.75, 3.05) is 7.11 Å². The Kier molecular flexibility index (Phi) is 3.96. The van der Waals surface area contributed by atoms with E-state index in [1.165, 1.54) is 16.7 Å². The van der Waals surface area contributed by atoms with Crippen molar-refractivity contribution in [3.8, 4) is 5.75 Å². The van der Waals surface area contributed by atoms with Crippen LogP contribution in [0.15, 0.2) is 12.1 Å². The van der Waals surface area contributed by atoms with Crippen molar-refractivity contribution in [1.29, 1.82) is 0 Å². The van der Waals surface area contributed by atoms with Crippen LogP contribution in [0.5, 0.6) is 5.75 Å². The van der Waals surface area contributed by atoms with Gasteiger partial charge in [-0.15, -0.1) is 0 Å². The van der Waals surface area contributed by atoms with Crippen LogP contribution in [0.3, 0.4) is 0 Å². The fraction of sp³-hybridized carbons (Fsp3) is 0.625. The van der Waals surface area contributed by atoms with E-state index in [0.717, 1.165) is 25.0 Å². The molecule has 18 heavy (non-hydrogen) atoms. The van der Waals surface area contributed by atoms with Gasteiger partial charge in [-0.3, -0.25) is 0 Å². The van der Waals surface area contributed by atoms with Crippen molar-refractivity contribution < 1.29 is 9.84 Å². The Morgan fingerprint density at radius 2 is 1.94 bits per heavy atom. The van der Waals surface area contributed by atoms with Crippen LogP contribution in [0.25, 0.3) is 0 Å². The Labute approximate surface area is 110 Å². The van der Waals surface area contributed by atoms with Gasteiger partial charge in [-0.05, 0) is 60.8 Å². The molecule has 0 bridgehead atoms. The SMILES string of the molecule is COc1cc2c(cc1C)CC(C)C(O)CC[C@H]2C.